The summed E-state index contributed by atoms with van der Waals surface area (Å²) in [7, 11) is 1.83. The average molecular weight is 277 g/mol. The van der Waals surface area contributed by atoms with E-state index in [1.54, 1.807) is 0 Å². The van der Waals surface area contributed by atoms with Crippen molar-refractivity contribution in [2.24, 2.45) is 0 Å². The molecular formula is C18H31NO. The van der Waals surface area contributed by atoms with Crippen LogP contribution in [0.2, 0.25) is 0 Å². The molecule has 0 saturated heterocycles. The number of benzene rings is 1. The molecule has 2 atom stereocenters. The van der Waals surface area contributed by atoms with Crippen molar-refractivity contribution in [2.45, 2.75) is 65.5 Å². The monoisotopic (exact) mass is 277 g/mol. The van der Waals surface area contributed by atoms with E-state index in [-0.39, 0.29) is 5.60 Å². The van der Waals surface area contributed by atoms with Crippen molar-refractivity contribution < 1.29 is 4.74 Å². The first-order valence-electron chi connectivity index (χ1n) is 7.81. The number of aryl methyl sites for hydroxylation is 2. The fraction of sp³-hybridized carbons (Fsp3) is 0.667. The van der Waals surface area contributed by atoms with Crippen LogP contribution in [0.25, 0.3) is 0 Å². The van der Waals surface area contributed by atoms with Gasteiger partial charge in [0.15, 0.2) is 0 Å². The lowest BCUT2D eigenvalue weighted by molar-refractivity contribution is -0.0287. The summed E-state index contributed by atoms with van der Waals surface area (Å²) in [4.78, 5) is 0. The SMILES string of the molecule is CCCNC(Cc1cc(C)ccc1C)C(C)(CC)OC. The van der Waals surface area contributed by atoms with E-state index < -0.39 is 0 Å². The molecule has 0 aromatic heterocycles. The molecule has 0 aliphatic heterocycles. The van der Waals surface area contributed by atoms with Crippen LogP contribution in [0, 0.1) is 13.8 Å². The molecule has 0 bridgehead atoms. The van der Waals surface area contributed by atoms with Crippen molar-refractivity contribution in [1.29, 1.82) is 0 Å². The van der Waals surface area contributed by atoms with E-state index in [0.29, 0.717) is 6.04 Å². The quantitative estimate of drug-likeness (QED) is 0.774. The Bertz CT molecular complexity index is 410. The van der Waals surface area contributed by atoms with Gasteiger partial charge in [0.2, 0.25) is 0 Å². The summed E-state index contributed by atoms with van der Waals surface area (Å²) in [6.07, 6.45) is 3.17. The number of methoxy groups -OCH3 is 1. The van der Waals surface area contributed by atoms with E-state index in [4.69, 9.17) is 4.74 Å². The van der Waals surface area contributed by atoms with Gasteiger partial charge in [0.1, 0.15) is 0 Å². The van der Waals surface area contributed by atoms with Gasteiger partial charge in [-0.1, -0.05) is 37.6 Å². The lowest BCUT2D eigenvalue weighted by Gasteiger charge is -2.37. The molecule has 1 aromatic carbocycles. The smallest absolute Gasteiger partial charge is 0.0803 e. The molecular weight excluding hydrogens is 246 g/mol. The minimum atomic E-state index is -0.120. The Balaban J connectivity index is 2.96. The van der Waals surface area contributed by atoms with E-state index in [9.17, 15) is 0 Å². The molecule has 0 aliphatic rings. The highest BCUT2D eigenvalue weighted by atomic mass is 16.5. The van der Waals surface area contributed by atoms with Gasteiger partial charge in [-0.05, 0) is 57.7 Å². The van der Waals surface area contributed by atoms with Crippen molar-refractivity contribution in [3.8, 4) is 0 Å². The Morgan fingerprint density at radius 2 is 1.95 bits per heavy atom. The summed E-state index contributed by atoms with van der Waals surface area (Å²) >= 11 is 0. The van der Waals surface area contributed by atoms with Gasteiger partial charge in [-0.3, -0.25) is 0 Å². The number of nitrogens with one attached hydrogen (secondary N) is 1. The summed E-state index contributed by atoms with van der Waals surface area (Å²) in [5.41, 5.74) is 4.00. The van der Waals surface area contributed by atoms with Gasteiger partial charge in [-0.2, -0.15) is 0 Å². The zero-order chi connectivity index (χ0) is 15.2. The summed E-state index contributed by atoms with van der Waals surface area (Å²) in [6.45, 7) is 12.0. The van der Waals surface area contributed by atoms with E-state index in [0.717, 1.165) is 25.8 Å². The normalized spacial score (nSPS) is 15.9. The molecule has 2 nitrogen and oxygen atoms in total. The Morgan fingerprint density at radius 1 is 1.25 bits per heavy atom. The number of hydrogen-bond donors (Lipinski definition) is 1. The largest absolute Gasteiger partial charge is 0.377 e. The second kappa shape index (κ2) is 7.80. The molecule has 20 heavy (non-hydrogen) atoms. The molecule has 2 unspecified atom stereocenters. The Morgan fingerprint density at radius 3 is 2.50 bits per heavy atom. The summed E-state index contributed by atoms with van der Waals surface area (Å²) < 4.78 is 5.83. The second-order valence-corrected chi connectivity index (χ2v) is 6.01. The number of rotatable bonds is 8. The highest BCUT2D eigenvalue weighted by molar-refractivity contribution is 5.31. The van der Waals surface area contributed by atoms with Crippen LogP contribution in [0.4, 0.5) is 0 Å². The van der Waals surface area contributed by atoms with Crippen molar-refractivity contribution in [3.63, 3.8) is 0 Å². The predicted molar refractivity (Wildman–Crippen MR) is 87.4 cm³/mol. The van der Waals surface area contributed by atoms with Crippen LogP contribution in [-0.4, -0.2) is 25.3 Å². The molecule has 114 valence electrons. The van der Waals surface area contributed by atoms with Crippen LogP contribution in [0.3, 0.4) is 0 Å². The third-order valence-electron chi connectivity index (χ3n) is 4.47. The maximum absolute atomic E-state index is 5.83. The molecule has 0 heterocycles. The standard InChI is InChI=1S/C18H31NO/c1-7-11-19-17(18(5,8-2)20-6)13-16-12-14(3)9-10-15(16)4/h9-10,12,17,19H,7-8,11,13H2,1-6H3. The summed E-state index contributed by atoms with van der Waals surface area (Å²) in [5, 5.41) is 3.68. The first-order chi connectivity index (χ1) is 9.46. The molecule has 1 rings (SSSR count). The van der Waals surface area contributed by atoms with Crippen LogP contribution >= 0.6 is 0 Å². The predicted octanol–water partition coefficient (Wildman–Crippen LogP) is 4.03. The molecule has 0 amide bonds. The van der Waals surface area contributed by atoms with Crippen molar-refractivity contribution in [2.75, 3.05) is 13.7 Å². The Hall–Kier alpha value is -0.860. The topological polar surface area (TPSA) is 21.3 Å². The van der Waals surface area contributed by atoms with Gasteiger partial charge < -0.3 is 10.1 Å². The van der Waals surface area contributed by atoms with Gasteiger partial charge in [0.05, 0.1) is 5.60 Å². The lowest BCUT2D eigenvalue weighted by atomic mass is 9.86. The molecule has 0 fully saturated rings. The molecule has 2 heteroatoms. The fourth-order valence-electron chi connectivity index (χ4n) is 2.60. The fourth-order valence-corrected chi connectivity index (χ4v) is 2.60. The number of ether oxygens (including phenoxy) is 1. The Kier molecular flexibility index (Phi) is 6.70. The zero-order valence-corrected chi connectivity index (χ0v) is 14.0. The van der Waals surface area contributed by atoms with E-state index in [1.165, 1.54) is 16.7 Å². The van der Waals surface area contributed by atoms with Gasteiger partial charge in [-0.15, -0.1) is 0 Å². The third kappa shape index (κ3) is 4.32. The third-order valence-corrected chi connectivity index (χ3v) is 4.47. The average Bonchev–Trinajstić information content (AvgIpc) is 2.46. The van der Waals surface area contributed by atoms with Gasteiger partial charge >= 0.3 is 0 Å². The van der Waals surface area contributed by atoms with Crippen LogP contribution < -0.4 is 5.32 Å². The van der Waals surface area contributed by atoms with E-state index in [2.05, 4.69) is 58.1 Å². The summed E-state index contributed by atoms with van der Waals surface area (Å²) in [5.74, 6) is 0. The van der Waals surface area contributed by atoms with Crippen molar-refractivity contribution >= 4 is 0 Å². The first kappa shape index (κ1) is 17.2. The van der Waals surface area contributed by atoms with Crippen LogP contribution in [-0.2, 0) is 11.2 Å². The molecule has 0 radical (unpaired) electrons. The van der Waals surface area contributed by atoms with Crippen molar-refractivity contribution in [3.05, 3.63) is 34.9 Å². The van der Waals surface area contributed by atoms with Gasteiger partial charge in [-0.25, -0.2) is 0 Å². The molecule has 0 aliphatic carbocycles. The van der Waals surface area contributed by atoms with E-state index in [1.807, 2.05) is 7.11 Å². The zero-order valence-electron chi connectivity index (χ0n) is 14.0. The van der Waals surface area contributed by atoms with Crippen molar-refractivity contribution in [1.82, 2.24) is 5.32 Å². The molecule has 0 saturated carbocycles. The van der Waals surface area contributed by atoms with Gasteiger partial charge in [0, 0.05) is 13.2 Å². The maximum Gasteiger partial charge on any atom is 0.0803 e. The molecule has 1 N–H and O–H groups in total. The van der Waals surface area contributed by atoms with Crippen LogP contribution in [0.1, 0.15) is 50.3 Å². The molecule has 1 aromatic rings. The minimum Gasteiger partial charge on any atom is -0.377 e. The number of hydrogen-bond acceptors (Lipinski definition) is 2. The van der Waals surface area contributed by atoms with Crippen LogP contribution in [0.5, 0.6) is 0 Å². The minimum absolute atomic E-state index is 0.120. The lowest BCUT2D eigenvalue weighted by Crippen LogP contribution is -2.51. The van der Waals surface area contributed by atoms with E-state index >= 15 is 0 Å². The van der Waals surface area contributed by atoms with Gasteiger partial charge in [0.25, 0.3) is 0 Å². The molecule has 0 spiro atoms. The highest BCUT2D eigenvalue weighted by Crippen LogP contribution is 2.24. The first-order valence-corrected chi connectivity index (χ1v) is 7.81. The maximum atomic E-state index is 5.83. The Labute approximate surface area is 124 Å². The highest BCUT2D eigenvalue weighted by Gasteiger charge is 2.32. The summed E-state index contributed by atoms with van der Waals surface area (Å²) in [6, 6.07) is 7.06. The second-order valence-electron chi connectivity index (χ2n) is 6.01. The van der Waals surface area contributed by atoms with Crippen LogP contribution in [0.15, 0.2) is 18.2 Å².